The first-order valence-electron chi connectivity index (χ1n) is 6.65. The molecule has 5 heteroatoms. The topological polar surface area (TPSA) is 45.1 Å². The molecule has 1 spiro atoms. The predicted octanol–water partition coefficient (Wildman–Crippen LogP) is 1.77. The van der Waals surface area contributed by atoms with Crippen LogP contribution in [-0.2, 0) is 9.57 Å². The first-order valence-corrected chi connectivity index (χ1v) is 6.65. The molecule has 1 atom stereocenters. The number of hydrogen-bond donors (Lipinski definition) is 0. The van der Waals surface area contributed by atoms with Crippen LogP contribution in [0.25, 0.3) is 0 Å². The molecule has 0 aromatic heterocycles. The zero-order chi connectivity index (χ0) is 12.9. The van der Waals surface area contributed by atoms with Crippen LogP contribution in [0.15, 0.2) is 30.3 Å². The number of carbonyl (C=O) groups is 1. The van der Waals surface area contributed by atoms with E-state index in [-0.39, 0.29) is 17.7 Å². The zero-order valence-corrected chi connectivity index (χ0v) is 10.6. The Morgan fingerprint density at radius 3 is 2.68 bits per heavy atom. The van der Waals surface area contributed by atoms with Crippen molar-refractivity contribution < 1.29 is 14.4 Å². The van der Waals surface area contributed by atoms with Gasteiger partial charge >= 0.3 is 6.03 Å². The lowest BCUT2D eigenvalue weighted by Gasteiger charge is -2.37. The maximum Gasteiger partial charge on any atom is 0.346 e. The Labute approximate surface area is 111 Å². The van der Waals surface area contributed by atoms with Crippen LogP contribution in [0.4, 0.5) is 4.79 Å². The fraction of sp³-hybridized carbons (Fsp3) is 0.500. The van der Waals surface area contributed by atoms with Crippen molar-refractivity contribution in [3.63, 3.8) is 0 Å². The number of rotatable bonds is 1. The molecule has 4 rings (SSSR count). The summed E-state index contributed by atoms with van der Waals surface area (Å²) in [5, 5.41) is 1.47. The third-order valence-corrected chi connectivity index (χ3v) is 4.18. The van der Waals surface area contributed by atoms with E-state index in [9.17, 15) is 4.79 Å². The van der Waals surface area contributed by atoms with Crippen LogP contribution in [0, 0.1) is 5.41 Å². The number of hydroxylamine groups is 2. The Kier molecular flexibility index (Phi) is 2.34. The van der Waals surface area contributed by atoms with Gasteiger partial charge in [0.05, 0.1) is 13.2 Å². The summed E-state index contributed by atoms with van der Waals surface area (Å²) in [5.74, 6) is 0. The van der Waals surface area contributed by atoms with Crippen molar-refractivity contribution >= 4 is 6.03 Å². The molecule has 3 heterocycles. The highest BCUT2D eigenvalue weighted by molar-refractivity contribution is 5.75. The quantitative estimate of drug-likeness (QED) is 0.723. The molecule has 3 saturated heterocycles. The predicted molar refractivity (Wildman–Crippen MR) is 66.9 cm³/mol. The number of urea groups is 1. The van der Waals surface area contributed by atoms with Gasteiger partial charge in [0.1, 0.15) is 0 Å². The van der Waals surface area contributed by atoms with Gasteiger partial charge in [0.25, 0.3) is 0 Å². The Morgan fingerprint density at radius 1 is 1.26 bits per heavy atom. The third-order valence-electron chi connectivity index (χ3n) is 4.18. The molecule has 1 aromatic carbocycles. The van der Waals surface area contributed by atoms with Crippen LogP contribution in [0.1, 0.15) is 18.2 Å². The SMILES string of the molecule is O=C(N1CCC2(COC2)C1)N1OC1c1ccccc1. The molecule has 5 nitrogen and oxygen atoms in total. The van der Waals surface area contributed by atoms with Crippen molar-refractivity contribution in [2.75, 3.05) is 26.3 Å². The molecule has 0 N–H and O–H groups in total. The van der Waals surface area contributed by atoms with Gasteiger partial charge in [-0.3, -0.25) is 0 Å². The third kappa shape index (κ3) is 1.81. The summed E-state index contributed by atoms with van der Waals surface area (Å²) in [5.41, 5.74) is 1.25. The molecule has 100 valence electrons. The average molecular weight is 260 g/mol. The molecular weight excluding hydrogens is 244 g/mol. The summed E-state index contributed by atoms with van der Waals surface area (Å²) in [6.45, 7) is 3.19. The van der Waals surface area contributed by atoms with E-state index >= 15 is 0 Å². The van der Waals surface area contributed by atoms with Gasteiger partial charge in [-0.1, -0.05) is 30.3 Å². The summed E-state index contributed by atoms with van der Waals surface area (Å²) in [6.07, 6.45) is 0.839. The van der Waals surface area contributed by atoms with E-state index < -0.39 is 0 Å². The molecule has 0 bridgehead atoms. The highest BCUT2D eigenvalue weighted by atomic mass is 16.8. The fourth-order valence-electron chi connectivity index (χ4n) is 2.90. The maximum absolute atomic E-state index is 12.3. The van der Waals surface area contributed by atoms with Crippen LogP contribution >= 0.6 is 0 Å². The lowest BCUT2D eigenvalue weighted by atomic mass is 9.85. The summed E-state index contributed by atoms with van der Waals surface area (Å²) < 4.78 is 5.27. The van der Waals surface area contributed by atoms with Gasteiger partial charge in [0.2, 0.25) is 6.23 Å². The first-order chi connectivity index (χ1) is 9.27. The van der Waals surface area contributed by atoms with Gasteiger partial charge in [-0.2, -0.15) is 5.06 Å². The summed E-state index contributed by atoms with van der Waals surface area (Å²) in [6, 6.07) is 9.80. The van der Waals surface area contributed by atoms with Crippen LogP contribution in [0.3, 0.4) is 0 Å². The molecule has 1 aromatic rings. The molecule has 3 fully saturated rings. The van der Waals surface area contributed by atoms with Crippen molar-refractivity contribution in [2.24, 2.45) is 5.41 Å². The Hall–Kier alpha value is -1.59. The van der Waals surface area contributed by atoms with Crippen molar-refractivity contribution in [3.8, 4) is 0 Å². The molecule has 3 aliphatic rings. The fourth-order valence-corrected chi connectivity index (χ4v) is 2.90. The van der Waals surface area contributed by atoms with E-state index in [1.54, 1.807) is 0 Å². The van der Waals surface area contributed by atoms with Crippen LogP contribution in [0.5, 0.6) is 0 Å². The first kappa shape index (κ1) is 11.3. The normalized spacial score (nSPS) is 27.5. The zero-order valence-electron chi connectivity index (χ0n) is 10.6. The van der Waals surface area contributed by atoms with E-state index in [0.717, 1.165) is 38.3 Å². The minimum absolute atomic E-state index is 0.0161. The summed E-state index contributed by atoms with van der Waals surface area (Å²) in [4.78, 5) is 19.6. The van der Waals surface area contributed by atoms with Gasteiger partial charge in [-0.05, 0) is 6.42 Å². The number of amides is 2. The van der Waals surface area contributed by atoms with Gasteiger partial charge in [0.15, 0.2) is 0 Å². The van der Waals surface area contributed by atoms with Gasteiger partial charge < -0.3 is 9.64 Å². The highest BCUT2D eigenvalue weighted by Gasteiger charge is 2.51. The van der Waals surface area contributed by atoms with Crippen molar-refractivity contribution in [3.05, 3.63) is 35.9 Å². The second kappa shape index (κ2) is 3.95. The summed E-state index contributed by atoms with van der Waals surface area (Å²) >= 11 is 0. The van der Waals surface area contributed by atoms with Crippen LogP contribution in [0.2, 0.25) is 0 Å². The number of benzene rings is 1. The Balaban J connectivity index is 1.41. The maximum atomic E-state index is 12.3. The molecule has 19 heavy (non-hydrogen) atoms. The second-order valence-corrected chi connectivity index (χ2v) is 5.64. The van der Waals surface area contributed by atoms with E-state index in [4.69, 9.17) is 9.57 Å². The molecule has 0 radical (unpaired) electrons. The Morgan fingerprint density at radius 2 is 2.05 bits per heavy atom. The van der Waals surface area contributed by atoms with E-state index in [1.165, 1.54) is 5.06 Å². The van der Waals surface area contributed by atoms with Crippen LogP contribution < -0.4 is 0 Å². The number of nitrogens with zero attached hydrogens (tertiary/aromatic N) is 2. The summed E-state index contributed by atoms with van der Waals surface area (Å²) in [7, 11) is 0. The Bertz CT molecular complexity index is 501. The number of likely N-dealkylation sites (tertiary alicyclic amines) is 1. The van der Waals surface area contributed by atoms with E-state index in [2.05, 4.69) is 0 Å². The molecule has 0 saturated carbocycles. The number of carbonyl (C=O) groups excluding carboxylic acids is 1. The monoisotopic (exact) mass is 260 g/mol. The lowest BCUT2D eigenvalue weighted by molar-refractivity contribution is -0.103. The van der Waals surface area contributed by atoms with Gasteiger partial charge in [-0.15, -0.1) is 0 Å². The highest BCUT2D eigenvalue weighted by Crippen LogP contribution is 2.42. The second-order valence-electron chi connectivity index (χ2n) is 5.64. The largest absolute Gasteiger partial charge is 0.380 e. The molecule has 3 aliphatic heterocycles. The van der Waals surface area contributed by atoms with Crippen molar-refractivity contribution in [1.82, 2.24) is 9.96 Å². The average Bonchev–Trinajstić information content (AvgIpc) is 3.07. The minimum Gasteiger partial charge on any atom is -0.380 e. The van der Waals surface area contributed by atoms with Crippen molar-refractivity contribution in [1.29, 1.82) is 0 Å². The van der Waals surface area contributed by atoms with E-state index in [0.29, 0.717) is 0 Å². The molecular formula is C14H16N2O3. The van der Waals surface area contributed by atoms with E-state index in [1.807, 2.05) is 35.2 Å². The molecule has 1 unspecified atom stereocenters. The number of hydrogen-bond acceptors (Lipinski definition) is 3. The van der Waals surface area contributed by atoms with Gasteiger partial charge in [0, 0.05) is 24.1 Å². The number of ether oxygens (including phenoxy) is 1. The van der Waals surface area contributed by atoms with Crippen molar-refractivity contribution in [2.45, 2.75) is 12.6 Å². The van der Waals surface area contributed by atoms with Gasteiger partial charge in [-0.25, -0.2) is 9.63 Å². The minimum atomic E-state index is -0.206. The van der Waals surface area contributed by atoms with Crippen LogP contribution in [-0.4, -0.2) is 42.3 Å². The lowest BCUT2D eigenvalue weighted by Crippen LogP contribution is -2.46. The smallest absolute Gasteiger partial charge is 0.346 e. The standard InChI is InChI=1S/C14H16N2O3/c17-13(15-7-6-14(8-15)9-18-10-14)16-12(19-16)11-4-2-1-3-5-11/h1-5,12H,6-10H2. The molecule has 0 aliphatic carbocycles. The molecule has 2 amide bonds.